The minimum absolute atomic E-state index is 0.198. The summed E-state index contributed by atoms with van der Waals surface area (Å²) in [5.41, 5.74) is 6.15. The topological polar surface area (TPSA) is 26.0 Å². The molecular formula is C13H13Br2NS2. The van der Waals surface area contributed by atoms with Gasteiger partial charge in [0, 0.05) is 35.9 Å². The van der Waals surface area contributed by atoms with Gasteiger partial charge in [0.1, 0.15) is 0 Å². The highest BCUT2D eigenvalue weighted by Crippen LogP contribution is 2.24. The molecule has 1 unspecified atom stereocenters. The molecule has 0 aliphatic carbocycles. The molecule has 2 aromatic rings. The van der Waals surface area contributed by atoms with E-state index >= 15 is 0 Å². The van der Waals surface area contributed by atoms with Crippen molar-refractivity contribution < 1.29 is 0 Å². The van der Waals surface area contributed by atoms with Gasteiger partial charge in [-0.3, -0.25) is 0 Å². The molecule has 0 saturated carbocycles. The van der Waals surface area contributed by atoms with Crippen molar-refractivity contribution in [3.05, 3.63) is 49.5 Å². The van der Waals surface area contributed by atoms with Gasteiger partial charge in [0.15, 0.2) is 0 Å². The summed E-state index contributed by atoms with van der Waals surface area (Å²) >= 11 is 10.5. The Balaban J connectivity index is 1.81. The van der Waals surface area contributed by atoms with Crippen molar-refractivity contribution in [2.45, 2.75) is 17.4 Å². The van der Waals surface area contributed by atoms with E-state index in [2.05, 4.69) is 67.6 Å². The van der Waals surface area contributed by atoms with Crippen molar-refractivity contribution in [3.63, 3.8) is 0 Å². The summed E-state index contributed by atoms with van der Waals surface area (Å²) in [5.74, 6) is 0.942. The second-order valence-corrected chi connectivity index (χ2v) is 7.88. The largest absolute Gasteiger partial charge is 0.327 e. The van der Waals surface area contributed by atoms with Gasteiger partial charge in [0.05, 0.1) is 0 Å². The second-order valence-electron chi connectivity index (χ2n) is 3.96. The molecule has 0 aliphatic heterocycles. The highest BCUT2D eigenvalue weighted by Gasteiger charge is 2.07. The van der Waals surface area contributed by atoms with Crippen LogP contribution in [0.15, 0.2) is 49.6 Å². The molecule has 5 heteroatoms. The maximum atomic E-state index is 6.15. The van der Waals surface area contributed by atoms with Gasteiger partial charge < -0.3 is 5.73 Å². The highest BCUT2D eigenvalue weighted by atomic mass is 79.9. The number of hydrogen-bond donors (Lipinski definition) is 1. The van der Waals surface area contributed by atoms with Crippen molar-refractivity contribution in [3.8, 4) is 0 Å². The van der Waals surface area contributed by atoms with Gasteiger partial charge in [-0.25, -0.2) is 0 Å². The van der Waals surface area contributed by atoms with Crippen LogP contribution in [0.1, 0.15) is 4.88 Å². The number of benzene rings is 1. The van der Waals surface area contributed by atoms with E-state index in [1.165, 1.54) is 9.77 Å². The molecule has 0 fully saturated rings. The Hall–Kier alpha value is 0.190. The van der Waals surface area contributed by atoms with Gasteiger partial charge in [-0.1, -0.05) is 15.9 Å². The summed E-state index contributed by atoms with van der Waals surface area (Å²) in [6.07, 6.45) is 0.944. The lowest BCUT2D eigenvalue weighted by Gasteiger charge is -2.09. The third kappa shape index (κ3) is 4.70. The third-order valence-corrected chi connectivity index (χ3v) is 5.81. The summed E-state index contributed by atoms with van der Waals surface area (Å²) in [4.78, 5) is 2.60. The molecule has 1 aromatic heterocycles. The van der Waals surface area contributed by atoms with E-state index in [4.69, 9.17) is 5.73 Å². The van der Waals surface area contributed by atoms with E-state index in [0.717, 1.165) is 21.1 Å². The molecule has 1 atom stereocenters. The Morgan fingerprint density at radius 3 is 2.50 bits per heavy atom. The Morgan fingerprint density at radius 1 is 1.17 bits per heavy atom. The molecular weight excluding hydrogens is 394 g/mol. The van der Waals surface area contributed by atoms with Gasteiger partial charge in [0.25, 0.3) is 0 Å². The van der Waals surface area contributed by atoms with Crippen LogP contribution < -0.4 is 5.73 Å². The first-order valence-corrected chi connectivity index (χ1v) is 8.95. The smallest absolute Gasteiger partial charge is 0.0285 e. The quantitative estimate of drug-likeness (QED) is 0.712. The number of thioether (sulfide) groups is 1. The first-order valence-electron chi connectivity index (χ1n) is 5.50. The lowest BCUT2D eigenvalue weighted by molar-refractivity contribution is 0.757. The zero-order valence-electron chi connectivity index (χ0n) is 9.61. The molecule has 0 amide bonds. The Kier molecular flexibility index (Phi) is 5.76. The van der Waals surface area contributed by atoms with Crippen molar-refractivity contribution in [1.29, 1.82) is 0 Å². The first kappa shape index (κ1) is 14.6. The molecule has 0 spiro atoms. The van der Waals surface area contributed by atoms with Crippen LogP contribution in [0.25, 0.3) is 0 Å². The average Bonchev–Trinajstić information content (AvgIpc) is 2.74. The van der Waals surface area contributed by atoms with Crippen molar-refractivity contribution in [1.82, 2.24) is 0 Å². The lowest BCUT2D eigenvalue weighted by Crippen LogP contribution is -2.25. The monoisotopic (exact) mass is 405 g/mol. The van der Waals surface area contributed by atoms with Crippen LogP contribution in [0.3, 0.4) is 0 Å². The zero-order chi connectivity index (χ0) is 13.0. The second kappa shape index (κ2) is 7.10. The zero-order valence-corrected chi connectivity index (χ0v) is 14.4. The molecule has 2 rings (SSSR count). The summed E-state index contributed by atoms with van der Waals surface area (Å²) in [7, 11) is 0. The molecule has 18 heavy (non-hydrogen) atoms. The number of hydrogen-bond acceptors (Lipinski definition) is 3. The van der Waals surface area contributed by atoms with E-state index in [1.807, 2.05) is 11.8 Å². The predicted octanol–water partition coefficient (Wildman–Crippen LogP) is 4.94. The van der Waals surface area contributed by atoms with Gasteiger partial charge in [-0.15, -0.1) is 23.1 Å². The van der Waals surface area contributed by atoms with Gasteiger partial charge >= 0.3 is 0 Å². The fourth-order valence-electron chi connectivity index (χ4n) is 1.51. The Bertz CT molecular complexity index is 496. The van der Waals surface area contributed by atoms with Crippen LogP contribution in [0, 0.1) is 0 Å². The minimum atomic E-state index is 0.198. The van der Waals surface area contributed by atoms with E-state index in [0.29, 0.717) is 0 Å². The molecule has 0 bridgehead atoms. The Morgan fingerprint density at radius 2 is 1.89 bits per heavy atom. The number of halogens is 2. The van der Waals surface area contributed by atoms with E-state index in [1.54, 1.807) is 11.3 Å². The van der Waals surface area contributed by atoms with Crippen LogP contribution in [-0.2, 0) is 6.42 Å². The van der Waals surface area contributed by atoms with Crippen molar-refractivity contribution >= 4 is 55.0 Å². The van der Waals surface area contributed by atoms with E-state index in [9.17, 15) is 0 Å². The van der Waals surface area contributed by atoms with Crippen LogP contribution in [0.5, 0.6) is 0 Å². The average molecular weight is 407 g/mol. The van der Waals surface area contributed by atoms with E-state index < -0.39 is 0 Å². The lowest BCUT2D eigenvalue weighted by atomic mass is 10.2. The van der Waals surface area contributed by atoms with Crippen molar-refractivity contribution in [2.75, 3.05) is 5.75 Å². The SMILES string of the molecule is NC(CSc1ccc(Br)cc1)Cc1cc(Br)cs1. The molecule has 96 valence electrons. The van der Waals surface area contributed by atoms with Crippen molar-refractivity contribution in [2.24, 2.45) is 5.73 Å². The standard InChI is InChI=1S/C13H13Br2NS2/c14-9-1-3-12(4-2-9)18-8-11(16)6-13-5-10(15)7-17-13/h1-5,7,11H,6,8,16H2. The third-order valence-electron chi connectivity index (χ3n) is 2.36. The predicted molar refractivity (Wildman–Crippen MR) is 88.6 cm³/mol. The van der Waals surface area contributed by atoms with Crippen LogP contribution in [0.2, 0.25) is 0 Å². The minimum Gasteiger partial charge on any atom is -0.327 e. The van der Waals surface area contributed by atoms with Crippen LogP contribution in [0.4, 0.5) is 0 Å². The van der Waals surface area contributed by atoms with Gasteiger partial charge in [0.2, 0.25) is 0 Å². The van der Waals surface area contributed by atoms with Gasteiger partial charge in [-0.2, -0.15) is 0 Å². The number of nitrogens with two attached hydrogens (primary N) is 1. The summed E-state index contributed by atoms with van der Waals surface area (Å²) in [5, 5.41) is 2.10. The number of thiophene rings is 1. The normalized spacial score (nSPS) is 12.6. The summed E-state index contributed by atoms with van der Waals surface area (Å²) in [6.45, 7) is 0. The fourth-order valence-corrected chi connectivity index (χ4v) is 4.18. The molecule has 2 N–H and O–H groups in total. The maximum Gasteiger partial charge on any atom is 0.0285 e. The molecule has 1 aromatic carbocycles. The van der Waals surface area contributed by atoms with Crippen LogP contribution in [-0.4, -0.2) is 11.8 Å². The molecule has 0 aliphatic rings. The molecule has 0 radical (unpaired) electrons. The highest BCUT2D eigenvalue weighted by molar-refractivity contribution is 9.10. The van der Waals surface area contributed by atoms with Gasteiger partial charge in [-0.05, 0) is 52.7 Å². The fraction of sp³-hybridized carbons (Fsp3) is 0.231. The summed E-state index contributed by atoms with van der Waals surface area (Å²) < 4.78 is 2.26. The van der Waals surface area contributed by atoms with Crippen LogP contribution >= 0.6 is 55.0 Å². The molecule has 1 nitrogen and oxygen atoms in total. The molecule has 1 heterocycles. The first-order chi connectivity index (χ1) is 8.63. The maximum absolute atomic E-state index is 6.15. The summed E-state index contributed by atoms with van der Waals surface area (Å²) in [6, 6.07) is 10.7. The molecule has 0 saturated heterocycles. The number of rotatable bonds is 5. The van der Waals surface area contributed by atoms with E-state index in [-0.39, 0.29) is 6.04 Å². The Labute approximate surface area is 132 Å².